The highest BCUT2D eigenvalue weighted by Gasteiger charge is 2.35. The Bertz CT molecular complexity index is 136. The third kappa shape index (κ3) is 3.64. The second kappa shape index (κ2) is 6.91. The minimum absolute atomic E-state index is 0.198. The molecular formula is C7H16INO4. The fourth-order valence-electron chi connectivity index (χ4n) is 1.15. The van der Waals surface area contributed by atoms with Gasteiger partial charge in [-0.05, 0) is 4.93 Å². The van der Waals surface area contributed by atoms with Crippen molar-refractivity contribution in [3.05, 3.63) is 0 Å². The number of hydrogen-bond acceptors (Lipinski definition) is 5. The monoisotopic (exact) mass is 305 g/mol. The molecule has 0 aromatic carbocycles. The van der Waals surface area contributed by atoms with Gasteiger partial charge in [0.2, 0.25) is 0 Å². The van der Waals surface area contributed by atoms with Gasteiger partial charge < -0.3 is 25.7 Å². The Morgan fingerprint density at radius 2 is 1.77 bits per heavy atom. The Balaban J connectivity index is 0.000000671. The Morgan fingerprint density at radius 3 is 2.23 bits per heavy atom. The molecule has 1 rings (SSSR count). The lowest BCUT2D eigenvalue weighted by Gasteiger charge is -2.34. The first-order chi connectivity index (χ1) is 6.16. The predicted molar refractivity (Wildman–Crippen MR) is 56.8 cm³/mol. The van der Waals surface area contributed by atoms with E-state index in [4.69, 9.17) is 15.3 Å². The standard InChI is InChI=1S/C6H13NO4.CH3I/c8-2-3-5(10)6(11)4(9)1-7-3;1-2/h3-11H,1-2H2;1H3/t3-,4+,5+,6-;/m1./s1. The molecule has 13 heavy (non-hydrogen) atoms. The fourth-order valence-corrected chi connectivity index (χ4v) is 1.15. The number of aliphatic hydroxyl groups excluding tert-OH is 4. The molecule has 4 atom stereocenters. The second-order valence-corrected chi connectivity index (χ2v) is 2.75. The number of rotatable bonds is 1. The molecule has 80 valence electrons. The molecule has 0 spiro atoms. The minimum Gasteiger partial charge on any atom is -0.395 e. The third-order valence-electron chi connectivity index (χ3n) is 1.94. The molecule has 0 bridgehead atoms. The van der Waals surface area contributed by atoms with Gasteiger partial charge in [-0.15, -0.1) is 0 Å². The summed E-state index contributed by atoms with van der Waals surface area (Å²) in [7, 11) is 0. The molecule has 1 aliphatic rings. The molecular weight excluding hydrogens is 289 g/mol. The molecule has 1 aliphatic heterocycles. The minimum atomic E-state index is -1.16. The van der Waals surface area contributed by atoms with Crippen molar-refractivity contribution < 1.29 is 20.4 Å². The molecule has 5 N–H and O–H groups in total. The van der Waals surface area contributed by atoms with Gasteiger partial charge in [-0.3, -0.25) is 0 Å². The highest BCUT2D eigenvalue weighted by molar-refractivity contribution is 14.1. The van der Waals surface area contributed by atoms with Crippen molar-refractivity contribution in [3.8, 4) is 0 Å². The number of aliphatic hydroxyl groups is 4. The van der Waals surface area contributed by atoms with Gasteiger partial charge in [-0.2, -0.15) is 0 Å². The molecule has 0 aromatic rings. The molecule has 0 radical (unpaired) electrons. The summed E-state index contributed by atoms with van der Waals surface area (Å²) < 4.78 is 0. The van der Waals surface area contributed by atoms with Crippen molar-refractivity contribution >= 4 is 22.6 Å². The van der Waals surface area contributed by atoms with Crippen LogP contribution in [0.3, 0.4) is 0 Å². The Kier molecular flexibility index (Phi) is 7.19. The maximum absolute atomic E-state index is 9.18. The quantitative estimate of drug-likeness (QED) is 0.288. The van der Waals surface area contributed by atoms with Crippen molar-refractivity contribution in [2.45, 2.75) is 24.4 Å². The summed E-state index contributed by atoms with van der Waals surface area (Å²) in [6.07, 6.45) is -3.20. The van der Waals surface area contributed by atoms with Gasteiger partial charge in [0, 0.05) is 6.54 Å². The van der Waals surface area contributed by atoms with Crippen LogP contribution in [0.25, 0.3) is 0 Å². The van der Waals surface area contributed by atoms with Crippen LogP contribution in [0.4, 0.5) is 0 Å². The molecule has 1 fully saturated rings. The number of β-amino-alcohol motifs (C(OH)–C–C–N with tert-alkyl or cyclic N) is 1. The van der Waals surface area contributed by atoms with Crippen LogP contribution in [0, 0.1) is 0 Å². The summed E-state index contributed by atoms with van der Waals surface area (Å²) in [4.78, 5) is 1.97. The van der Waals surface area contributed by atoms with E-state index < -0.39 is 24.4 Å². The van der Waals surface area contributed by atoms with Gasteiger partial charge in [-0.1, -0.05) is 22.6 Å². The third-order valence-corrected chi connectivity index (χ3v) is 1.94. The molecule has 5 nitrogen and oxygen atoms in total. The van der Waals surface area contributed by atoms with Crippen molar-refractivity contribution in [2.24, 2.45) is 0 Å². The van der Waals surface area contributed by atoms with E-state index in [1.54, 1.807) is 0 Å². The largest absolute Gasteiger partial charge is 0.395 e. The normalized spacial score (nSPS) is 39.2. The zero-order valence-electron chi connectivity index (χ0n) is 7.39. The summed E-state index contributed by atoms with van der Waals surface area (Å²) in [6.45, 7) is -0.0472. The van der Waals surface area contributed by atoms with Crippen LogP contribution in [0.15, 0.2) is 0 Å². The second-order valence-electron chi connectivity index (χ2n) is 2.75. The van der Waals surface area contributed by atoms with Gasteiger partial charge >= 0.3 is 0 Å². The smallest absolute Gasteiger partial charge is 0.109 e. The van der Waals surface area contributed by atoms with E-state index in [-0.39, 0.29) is 13.2 Å². The van der Waals surface area contributed by atoms with E-state index in [9.17, 15) is 5.11 Å². The number of alkyl halides is 1. The van der Waals surface area contributed by atoms with Gasteiger partial charge in [-0.25, -0.2) is 0 Å². The number of hydrogen-bond donors (Lipinski definition) is 5. The highest BCUT2D eigenvalue weighted by Crippen LogP contribution is 2.09. The lowest BCUT2D eigenvalue weighted by molar-refractivity contribution is -0.101. The van der Waals surface area contributed by atoms with Crippen LogP contribution in [0.1, 0.15) is 0 Å². The zero-order chi connectivity index (χ0) is 10.4. The van der Waals surface area contributed by atoms with Crippen molar-refractivity contribution in [3.63, 3.8) is 0 Å². The Hall–Kier alpha value is 0.530. The van der Waals surface area contributed by atoms with Crippen LogP contribution in [0.2, 0.25) is 0 Å². The SMILES string of the molecule is CI.OC[C@H]1NC[C@H](O)[C@@H](O)[C@H]1O. The van der Waals surface area contributed by atoms with E-state index in [1.165, 1.54) is 0 Å². The number of piperidine rings is 1. The van der Waals surface area contributed by atoms with Crippen LogP contribution >= 0.6 is 22.6 Å². The molecule has 0 aliphatic carbocycles. The molecule has 1 heterocycles. The van der Waals surface area contributed by atoms with Crippen molar-refractivity contribution in [1.29, 1.82) is 0 Å². The van der Waals surface area contributed by atoms with E-state index in [2.05, 4.69) is 27.9 Å². The summed E-state index contributed by atoms with van der Waals surface area (Å²) in [5.41, 5.74) is 0. The van der Waals surface area contributed by atoms with Gasteiger partial charge in [0.05, 0.1) is 24.9 Å². The Morgan fingerprint density at radius 1 is 1.23 bits per heavy atom. The number of nitrogens with one attached hydrogen (secondary N) is 1. The van der Waals surface area contributed by atoms with E-state index in [1.807, 2.05) is 4.93 Å². The van der Waals surface area contributed by atoms with Crippen LogP contribution in [-0.2, 0) is 0 Å². The highest BCUT2D eigenvalue weighted by atomic mass is 127. The van der Waals surface area contributed by atoms with Gasteiger partial charge in [0.1, 0.15) is 6.10 Å². The van der Waals surface area contributed by atoms with E-state index >= 15 is 0 Å². The molecule has 1 saturated heterocycles. The molecule has 0 amide bonds. The van der Waals surface area contributed by atoms with E-state index in [0.29, 0.717) is 0 Å². The predicted octanol–water partition coefficient (Wildman–Crippen LogP) is -1.92. The van der Waals surface area contributed by atoms with Crippen LogP contribution in [-0.4, -0.2) is 62.9 Å². The van der Waals surface area contributed by atoms with Crippen molar-refractivity contribution in [2.75, 3.05) is 18.1 Å². The maximum Gasteiger partial charge on any atom is 0.109 e. The maximum atomic E-state index is 9.18. The molecule has 0 aromatic heterocycles. The average Bonchev–Trinajstić information content (AvgIpc) is 2.18. The summed E-state index contributed by atoms with van der Waals surface area (Å²) in [6, 6.07) is -0.534. The molecule has 6 heteroatoms. The van der Waals surface area contributed by atoms with Gasteiger partial charge in [0.25, 0.3) is 0 Å². The van der Waals surface area contributed by atoms with Crippen LogP contribution in [0.5, 0.6) is 0 Å². The summed E-state index contributed by atoms with van der Waals surface area (Å²) in [5.74, 6) is 0. The first-order valence-electron chi connectivity index (χ1n) is 3.93. The number of halogens is 1. The van der Waals surface area contributed by atoms with Gasteiger partial charge in [0.15, 0.2) is 0 Å². The molecule has 0 unspecified atom stereocenters. The molecule has 0 saturated carbocycles. The Labute approximate surface area is 90.9 Å². The van der Waals surface area contributed by atoms with Crippen molar-refractivity contribution in [1.82, 2.24) is 5.32 Å². The first-order valence-corrected chi connectivity index (χ1v) is 6.09. The summed E-state index contributed by atoms with van der Waals surface area (Å²) in [5, 5.41) is 38.6. The first kappa shape index (κ1) is 13.5. The van der Waals surface area contributed by atoms with E-state index in [0.717, 1.165) is 0 Å². The fraction of sp³-hybridized carbons (Fsp3) is 1.00. The topological polar surface area (TPSA) is 93.0 Å². The zero-order valence-corrected chi connectivity index (χ0v) is 9.55. The lowest BCUT2D eigenvalue weighted by atomic mass is 9.97. The average molecular weight is 305 g/mol. The van der Waals surface area contributed by atoms with Crippen LogP contribution < -0.4 is 5.32 Å². The lowest BCUT2D eigenvalue weighted by Crippen LogP contribution is -2.60. The summed E-state index contributed by atoms with van der Waals surface area (Å²) >= 11 is 2.15.